The van der Waals surface area contributed by atoms with Crippen LogP contribution in [-0.2, 0) is 0 Å². The molecule has 0 atom stereocenters. The second kappa shape index (κ2) is 3.02. The van der Waals surface area contributed by atoms with Crippen molar-refractivity contribution in [1.82, 2.24) is 0 Å². The lowest BCUT2D eigenvalue weighted by Gasteiger charge is -1.67. The minimum absolute atomic E-state index is 0.790. The van der Waals surface area contributed by atoms with Crippen molar-refractivity contribution >= 4 is 6.21 Å². The minimum Gasteiger partial charge on any atom is -0.233 e. The molecule has 0 saturated heterocycles. The van der Waals surface area contributed by atoms with E-state index in [0.717, 1.165) is 6.21 Å². The summed E-state index contributed by atoms with van der Waals surface area (Å²) < 4.78 is 0. The zero-order valence-corrected chi connectivity index (χ0v) is 3.57. The zero-order chi connectivity index (χ0) is 5.70. The number of nitro groups is 1. The van der Waals surface area contributed by atoms with E-state index < -0.39 is 5.03 Å². The van der Waals surface area contributed by atoms with E-state index in [9.17, 15) is 10.1 Å². The fourth-order valence-corrected chi connectivity index (χ4v) is 0.102. The third kappa shape index (κ3) is 4.81. The van der Waals surface area contributed by atoms with Crippen LogP contribution in [0.3, 0.4) is 0 Å². The fourth-order valence-electron chi connectivity index (χ4n) is 0.102. The van der Waals surface area contributed by atoms with E-state index in [1.807, 2.05) is 0 Å². The van der Waals surface area contributed by atoms with Crippen LogP contribution in [0.15, 0.2) is 17.8 Å². The van der Waals surface area contributed by atoms with E-state index in [1.165, 1.54) is 6.08 Å². The largest absolute Gasteiger partial charge is 0.233 e. The Labute approximate surface area is 40.3 Å². The van der Waals surface area contributed by atoms with Crippen molar-refractivity contribution in [2.24, 2.45) is 5.10 Å². The molecule has 0 spiro atoms. The molecule has 0 radical (unpaired) electrons. The molecule has 0 aromatic carbocycles. The minimum atomic E-state index is -0.790. The van der Waals surface area contributed by atoms with Crippen LogP contribution in [0, 0.1) is 10.1 Å². The highest BCUT2D eigenvalue weighted by molar-refractivity contribution is 5.69. The standard InChI is InChI=1S/C3H4N2O2/c1-2-3-4-5(6)7/h2-3H,1H2. The summed E-state index contributed by atoms with van der Waals surface area (Å²) in [5.74, 6) is 0. The van der Waals surface area contributed by atoms with Gasteiger partial charge in [0.2, 0.25) is 0 Å². The summed E-state index contributed by atoms with van der Waals surface area (Å²) in [5, 5.41) is 11.3. The van der Waals surface area contributed by atoms with Gasteiger partial charge in [-0.25, -0.2) is 10.1 Å². The van der Waals surface area contributed by atoms with Crippen LogP contribution in [0.5, 0.6) is 0 Å². The Hall–Kier alpha value is -1.19. The molecule has 0 aromatic heterocycles. The number of hydrogen-bond donors (Lipinski definition) is 0. The molecule has 0 fully saturated rings. The molecule has 7 heavy (non-hydrogen) atoms. The Bertz CT molecular complexity index is 108. The van der Waals surface area contributed by atoms with Gasteiger partial charge in [0.1, 0.15) is 6.21 Å². The van der Waals surface area contributed by atoms with Crippen LogP contribution in [0.1, 0.15) is 0 Å². The van der Waals surface area contributed by atoms with Gasteiger partial charge in [-0.2, -0.15) is 0 Å². The van der Waals surface area contributed by atoms with Crippen LogP contribution >= 0.6 is 0 Å². The molecular formula is C3H4N2O2. The topological polar surface area (TPSA) is 55.5 Å². The average molecular weight is 100 g/mol. The molecule has 0 N–H and O–H groups in total. The molecule has 38 valence electrons. The summed E-state index contributed by atoms with van der Waals surface area (Å²) in [7, 11) is 0. The SMILES string of the molecule is C=CC=N[N+](=O)[O-]. The van der Waals surface area contributed by atoms with Crippen LogP contribution in [0.4, 0.5) is 0 Å². The summed E-state index contributed by atoms with van der Waals surface area (Å²) in [4.78, 5) is 9.32. The lowest BCUT2D eigenvalue weighted by Crippen LogP contribution is -1.82. The molecule has 0 saturated carbocycles. The second-order valence-corrected chi connectivity index (χ2v) is 0.738. The number of hydrazone groups is 1. The molecule has 0 rings (SSSR count). The van der Waals surface area contributed by atoms with Gasteiger partial charge < -0.3 is 0 Å². The Balaban J connectivity index is 3.46. The number of rotatable bonds is 2. The predicted molar refractivity (Wildman–Crippen MR) is 25.7 cm³/mol. The Morgan fingerprint density at radius 1 is 1.86 bits per heavy atom. The van der Waals surface area contributed by atoms with Gasteiger partial charge in [0, 0.05) is 0 Å². The van der Waals surface area contributed by atoms with Crippen molar-refractivity contribution in [2.45, 2.75) is 0 Å². The summed E-state index contributed by atoms with van der Waals surface area (Å²) in [6, 6.07) is 0. The molecular weight excluding hydrogens is 96.0 g/mol. The first kappa shape index (κ1) is 5.81. The van der Waals surface area contributed by atoms with Gasteiger partial charge in [-0.3, -0.25) is 0 Å². The zero-order valence-electron chi connectivity index (χ0n) is 3.57. The summed E-state index contributed by atoms with van der Waals surface area (Å²) in [6.07, 6.45) is 2.25. The van der Waals surface area contributed by atoms with Gasteiger partial charge in [0.05, 0.1) is 5.10 Å². The van der Waals surface area contributed by atoms with Gasteiger partial charge in [-0.15, -0.1) is 0 Å². The first-order valence-electron chi connectivity index (χ1n) is 1.56. The quantitative estimate of drug-likeness (QED) is 0.287. The van der Waals surface area contributed by atoms with E-state index in [2.05, 4.69) is 11.7 Å². The van der Waals surface area contributed by atoms with Crippen LogP contribution < -0.4 is 0 Å². The maximum absolute atomic E-state index is 9.32. The Morgan fingerprint density at radius 3 is 2.57 bits per heavy atom. The highest BCUT2D eigenvalue weighted by Crippen LogP contribution is 1.64. The molecule has 0 bridgehead atoms. The summed E-state index contributed by atoms with van der Waals surface area (Å²) in [6.45, 7) is 3.18. The third-order valence-corrected chi connectivity index (χ3v) is 0.266. The monoisotopic (exact) mass is 100 g/mol. The summed E-state index contributed by atoms with van der Waals surface area (Å²) >= 11 is 0. The van der Waals surface area contributed by atoms with Crippen LogP contribution in [0.25, 0.3) is 0 Å². The van der Waals surface area contributed by atoms with Crippen molar-refractivity contribution < 1.29 is 5.03 Å². The van der Waals surface area contributed by atoms with E-state index in [-0.39, 0.29) is 0 Å². The van der Waals surface area contributed by atoms with E-state index in [1.54, 1.807) is 0 Å². The first-order chi connectivity index (χ1) is 3.27. The van der Waals surface area contributed by atoms with Crippen molar-refractivity contribution in [2.75, 3.05) is 0 Å². The summed E-state index contributed by atoms with van der Waals surface area (Å²) in [5.41, 5.74) is 0. The Morgan fingerprint density at radius 2 is 2.43 bits per heavy atom. The first-order valence-corrected chi connectivity index (χ1v) is 1.56. The lowest BCUT2D eigenvalue weighted by molar-refractivity contribution is -0.484. The molecule has 4 nitrogen and oxygen atoms in total. The van der Waals surface area contributed by atoms with Gasteiger partial charge in [-0.1, -0.05) is 6.58 Å². The van der Waals surface area contributed by atoms with Crippen molar-refractivity contribution in [3.63, 3.8) is 0 Å². The van der Waals surface area contributed by atoms with Gasteiger partial charge >= 0.3 is 0 Å². The second-order valence-electron chi connectivity index (χ2n) is 0.738. The fraction of sp³-hybridized carbons (Fsp3) is 0. The van der Waals surface area contributed by atoms with Crippen LogP contribution in [0.2, 0.25) is 0 Å². The molecule has 0 aliphatic carbocycles. The number of hydrogen-bond acceptors (Lipinski definition) is 2. The molecule has 0 aliphatic heterocycles. The van der Waals surface area contributed by atoms with Crippen molar-refractivity contribution in [1.29, 1.82) is 0 Å². The van der Waals surface area contributed by atoms with Gasteiger partial charge in [-0.05, 0) is 6.08 Å². The van der Waals surface area contributed by atoms with E-state index in [4.69, 9.17) is 0 Å². The predicted octanol–water partition coefficient (Wildman–Crippen LogP) is 0.435. The van der Waals surface area contributed by atoms with Crippen molar-refractivity contribution in [3.8, 4) is 0 Å². The average Bonchev–Trinajstić information content (AvgIpc) is 1.61. The van der Waals surface area contributed by atoms with Gasteiger partial charge in [0.15, 0.2) is 5.03 Å². The van der Waals surface area contributed by atoms with Crippen LogP contribution in [-0.4, -0.2) is 11.2 Å². The molecule has 0 aliphatic rings. The van der Waals surface area contributed by atoms with Crippen molar-refractivity contribution in [3.05, 3.63) is 22.8 Å². The maximum atomic E-state index is 9.32. The van der Waals surface area contributed by atoms with Gasteiger partial charge in [0.25, 0.3) is 0 Å². The molecule has 0 heterocycles. The highest BCUT2D eigenvalue weighted by Gasteiger charge is 1.77. The third-order valence-electron chi connectivity index (χ3n) is 0.266. The number of nitrogens with zero attached hydrogens (tertiary/aromatic N) is 2. The van der Waals surface area contributed by atoms with E-state index in [0.29, 0.717) is 0 Å². The Kier molecular flexibility index (Phi) is 2.50. The lowest BCUT2D eigenvalue weighted by atomic mass is 10.7. The normalized spacial score (nSPS) is 9.14. The molecule has 4 heteroatoms. The molecule has 0 amide bonds. The molecule has 0 aromatic rings. The molecule has 0 unspecified atom stereocenters. The smallest absolute Gasteiger partial charge is 0.190 e. The van der Waals surface area contributed by atoms with E-state index >= 15 is 0 Å². The maximum Gasteiger partial charge on any atom is 0.190 e. The number of allylic oxidation sites excluding steroid dienone is 1. The highest BCUT2D eigenvalue weighted by atomic mass is 16.7.